The maximum absolute atomic E-state index is 12.9. The molecular formula is C25H25N3O2S2. The molecule has 0 saturated carbocycles. The molecule has 0 spiro atoms. The van der Waals surface area contributed by atoms with Crippen molar-refractivity contribution in [2.75, 3.05) is 43.5 Å². The molecule has 1 aromatic heterocycles. The lowest BCUT2D eigenvalue weighted by molar-refractivity contribution is 0.0960. The number of amides is 1. The number of ether oxygens (including phenoxy) is 1. The molecule has 32 heavy (non-hydrogen) atoms. The molecule has 4 rings (SSSR count). The second-order valence-electron chi connectivity index (χ2n) is 7.37. The molecule has 5 nitrogen and oxygen atoms in total. The van der Waals surface area contributed by atoms with Gasteiger partial charge in [0.15, 0.2) is 0 Å². The van der Waals surface area contributed by atoms with Crippen LogP contribution in [0.2, 0.25) is 0 Å². The number of hydrogen-bond donors (Lipinski definition) is 1. The number of nitrogens with zero attached hydrogens (tertiary/aromatic N) is 2. The molecule has 2 heterocycles. The zero-order chi connectivity index (χ0) is 22.2. The second-order valence-corrected chi connectivity index (χ2v) is 9.51. The minimum Gasteiger partial charge on any atom is -0.378 e. The van der Waals surface area contributed by atoms with Crippen molar-refractivity contribution < 1.29 is 9.53 Å². The van der Waals surface area contributed by atoms with Gasteiger partial charge < -0.3 is 15.0 Å². The molecule has 0 unspecified atom stereocenters. The fourth-order valence-corrected chi connectivity index (χ4v) is 5.59. The van der Waals surface area contributed by atoms with E-state index >= 15 is 0 Å². The Kier molecular flexibility index (Phi) is 7.83. The van der Waals surface area contributed by atoms with Gasteiger partial charge in [0.25, 0.3) is 5.91 Å². The first-order chi connectivity index (χ1) is 15.8. The van der Waals surface area contributed by atoms with Crippen LogP contribution in [0.15, 0.2) is 60.7 Å². The third-order valence-electron chi connectivity index (χ3n) is 5.25. The number of nitriles is 1. The van der Waals surface area contributed by atoms with Crippen LogP contribution in [-0.4, -0.2) is 44.5 Å². The van der Waals surface area contributed by atoms with Gasteiger partial charge in [0.1, 0.15) is 0 Å². The highest BCUT2D eigenvalue weighted by molar-refractivity contribution is 7.98. The number of thioether (sulfide) groups is 1. The van der Waals surface area contributed by atoms with Crippen LogP contribution < -0.4 is 10.2 Å². The van der Waals surface area contributed by atoms with Crippen LogP contribution in [-0.2, 0) is 10.5 Å². The maximum Gasteiger partial charge on any atom is 0.261 e. The fraction of sp³-hybridized carbons (Fsp3) is 0.280. The van der Waals surface area contributed by atoms with Gasteiger partial charge in [0.2, 0.25) is 0 Å². The first kappa shape index (κ1) is 22.4. The summed E-state index contributed by atoms with van der Waals surface area (Å²) in [4.78, 5) is 15.9. The lowest BCUT2D eigenvalue weighted by Gasteiger charge is -2.28. The largest absolute Gasteiger partial charge is 0.378 e. The van der Waals surface area contributed by atoms with Crippen molar-refractivity contribution in [3.8, 4) is 17.2 Å². The van der Waals surface area contributed by atoms with E-state index in [1.807, 2.05) is 48.5 Å². The van der Waals surface area contributed by atoms with Crippen molar-refractivity contribution in [1.29, 1.82) is 5.26 Å². The van der Waals surface area contributed by atoms with E-state index in [2.05, 4.69) is 28.4 Å². The average Bonchev–Trinajstić information content (AvgIpc) is 3.31. The molecule has 7 heteroatoms. The summed E-state index contributed by atoms with van der Waals surface area (Å²) in [5.74, 6) is 1.51. The number of carbonyl (C=O) groups is 1. The van der Waals surface area contributed by atoms with Crippen molar-refractivity contribution in [3.63, 3.8) is 0 Å². The molecule has 164 valence electrons. The summed E-state index contributed by atoms with van der Waals surface area (Å²) >= 11 is 3.27. The van der Waals surface area contributed by atoms with Gasteiger partial charge in [-0.15, -0.1) is 11.3 Å². The molecule has 1 fully saturated rings. The first-order valence-corrected chi connectivity index (χ1v) is 12.6. The Bertz CT molecular complexity index is 1090. The predicted octanol–water partition coefficient (Wildman–Crippen LogP) is 4.79. The average molecular weight is 464 g/mol. The molecule has 1 aliphatic rings. The number of morpholine rings is 1. The van der Waals surface area contributed by atoms with Gasteiger partial charge in [-0.25, -0.2) is 0 Å². The highest BCUT2D eigenvalue weighted by Crippen LogP contribution is 2.39. The zero-order valence-electron chi connectivity index (χ0n) is 17.8. The lowest BCUT2D eigenvalue weighted by Crippen LogP contribution is -2.35. The van der Waals surface area contributed by atoms with Crippen molar-refractivity contribution in [3.05, 3.63) is 76.7 Å². The number of thiophene rings is 1. The Morgan fingerprint density at radius 3 is 2.66 bits per heavy atom. The Labute approximate surface area is 197 Å². The van der Waals surface area contributed by atoms with E-state index < -0.39 is 0 Å². The Morgan fingerprint density at radius 1 is 1.12 bits per heavy atom. The summed E-state index contributed by atoms with van der Waals surface area (Å²) in [7, 11) is 0. The van der Waals surface area contributed by atoms with E-state index in [4.69, 9.17) is 4.74 Å². The molecule has 1 amide bonds. The Balaban J connectivity index is 1.38. The summed E-state index contributed by atoms with van der Waals surface area (Å²) in [6.45, 7) is 3.67. The minimum atomic E-state index is -0.0373. The quantitative estimate of drug-likeness (QED) is 0.487. The standard InChI is InChI=1S/C25H25N3O2S2/c26-17-20-8-4-5-9-21(20)18-31-15-10-27-24(29)23-16-22(19-6-2-1-3-7-19)25(32-23)28-11-13-30-14-12-28/h1-9,16H,10-15,18H2,(H,27,29). The molecule has 0 radical (unpaired) electrons. The molecule has 0 aliphatic carbocycles. The third-order valence-corrected chi connectivity index (χ3v) is 7.45. The molecular weight excluding hydrogens is 438 g/mol. The Hall–Kier alpha value is -2.79. The zero-order valence-corrected chi connectivity index (χ0v) is 19.4. The normalized spacial score (nSPS) is 13.5. The van der Waals surface area contributed by atoms with E-state index in [1.54, 1.807) is 23.1 Å². The van der Waals surface area contributed by atoms with Gasteiger partial charge in [-0.3, -0.25) is 4.79 Å². The van der Waals surface area contributed by atoms with Gasteiger partial charge in [0.05, 0.1) is 34.7 Å². The maximum atomic E-state index is 12.9. The lowest BCUT2D eigenvalue weighted by atomic mass is 10.1. The topological polar surface area (TPSA) is 65.4 Å². The SMILES string of the molecule is N#Cc1ccccc1CSCCNC(=O)c1cc(-c2ccccc2)c(N2CCOCC2)s1. The van der Waals surface area contributed by atoms with Crippen LogP contribution in [0, 0.1) is 11.3 Å². The van der Waals surface area contributed by atoms with Crippen molar-refractivity contribution in [2.24, 2.45) is 0 Å². The number of benzene rings is 2. The molecule has 3 aromatic rings. The molecule has 1 N–H and O–H groups in total. The first-order valence-electron chi connectivity index (χ1n) is 10.6. The van der Waals surface area contributed by atoms with E-state index in [-0.39, 0.29) is 5.91 Å². The predicted molar refractivity (Wildman–Crippen MR) is 132 cm³/mol. The van der Waals surface area contributed by atoms with Crippen LogP contribution in [0.4, 0.5) is 5.00 Å². The molecule has 2 aromatic carbocycles. The van der Waals surface area contributed by atoms with Crippen molar-refractivity contribution >= 4 is 34.0 Å². The summed E-state index contributed by atoms with van der Waals surface area (Å²) in [6, 6.07) is 22.1. The summed E-state index contributed by atoms with van der Waals surface area (Å²) in [6.07, 6.45) is 0. The van der Waals surface area contributed by atoms with E-state index in [0.29, 0.717) is 25.3 Å². The smallest absolute Gasteiger partial charge is 0.261 e. The van der Waals surface area contributed by atoms with Crippen LogP contribution in [0.25, 0.3) is 11.1 Å². The van der Waals surface area contributed by atoms with Crippen LogP contribution in [0.3, 0.4) is 0 Å². The molecule has 0 bridgehead atoms. The van der Waals surface area contributed by atoms with Gasteiger partial charge in [-0.2, -0.15) is 17.0 Å². The number of hydrogen-bond acceptors (Lipinski definition) is 6. The number of rotatable bonds is 8. The van der Waals surface area contributed by atoms with E-state index in [0.717, 1.165) is 51.2 Å². The number of nitrogens with one attached hydrogen (secondary N) is 1. The van der Waals surface area contributed by atoms with E-state index in [1.165, 1.54) is 0 Å². The molecule has 1 aliphatic heterocycles. The van der Waals surface area contributed by atoms with Gasteiger partial charge >= 0.3 is 0 Å². The van der Waals surface area contributed by atoms with Crippen LogP contribution in [0.1, 0.15) is 20.8 Å². The number of anilines is 1. The fourth-order valence-electron chi connectivity index (χ4n) is 3.58. The summed E-state index contributed by atoms with van der Waals surface area (Å²) in [5, 5.41) is 13.4. The van der Waals surface area contributed by atoms with Crippen LogP contribution in [0.5, 0.6) is 0 Å². The highest BCUT2D eigenvalue weighted by atomic mass is 32.2. The summed E-state index contributed by atoms with van der Waals surface area (Å²) in [5.41, 5.74) is 3.97. The van der Waals surface area contributed by atoms with Gasteiger partial charge in [-0.05, 0) is 23.3 Å². The Morgan fingerprint density at radius 2 is 1.88 bits per heavy atom. The van der Waals surface area contributed by atoms with Crippen molar-refractivity contribution in [2.45, 2.75) is 5.75 Å². The van der Waals surface area contributed by atoms with Gasteiger partial charge in [-0.1, -0.05) is 48.5 Å². The van der Waals surface area contributed by atoms with Gasteiger partial charge in [0, 0.05) is 36.7 Å². The summed E-state index contributed by atoms with van der Waals surface area (Å²) < 4.78 is 5.51. The van der Waals surface area contributed by atoms with Crippen LogP contribution >= 0.6 is 23.1 Å². The van der Waals surface area contributed by atoms with E-state index in [9.17, 15) is 10.1 Å². The molecule has 1 saturated heterocycles. The monoisotopic (exact) mass is 463 g/mol. The third kappa shape index (κ3) is 5.52. The molecule has 0 atom stereocenters. The minimum absolute atomic E-state index is 0.0373. The second kappa shape index (κ2) is 11.2. The number of carbonyl (C=O) groups excluding carboxylic acids is 1. The highest BCUT2D eigenvalue weighted by Gasteiger charge is 2.21. The van der Waals surface area contributed by atoms with Crippen molar-refractivity contribution in [1.82, 2.24) is 5.32 Å².